The van der Waals surface area contributed by atoms with Crippen LogP contribution in [0.5, 0.6) is 0 Å². The van der Waals surface area contributed by atoms with Crippen molar-refractivity contribution in [2.75, 3.05) is 0 Å². The van der Waals surface area contributed by atoms with Crippen LogP contribution in [0.1, 0.15) is 5.56 Å². The Morgan fingerprint density at radius 2 is 2.08 bits per heavy atom. The van der Waals surface area contributed by atoms with Crippen molar-refractivity contribution in [3.8, 4) is 0 Å². The highest BCUT2D eigenvalue weighted by atomic mass is 35.5. The van der Waals surface area contributed by atoms with Gasteiger partial charge in [0.1, 0.15) is 0 Å². The van der Waals surface area contributed by atoms with Crippen LogP contribution in [0.3, 0.4) is 0 Å². The average molecular weight is 178 g/mol. The van der Waals surface area contributed by atoms with Gasteiger partial charge in [-0.3, -0.25) is 0 Å². The zero-order valence-corrected chi connectivity index (χ0v) is 7.18. The maximum absolute atomic E-state index is 5.50. The number of rotatable bonds is 1. The number of benzene rings is 1. The lowest BCUT2D eigenvalue weighted by Crippen LogP contribution is -1.65. The SMILES string of the molecule is Cl/C=C/c1c[nH]c2ccccc12. The van der Waals surface area contributed by atoms with Crippen molar-refractivity contribution in [3.05, 3.63) is 41.6 Å². The monoisotopic (exact) mass is 177 g/mol. The first-order chi connectivity index (χ1) is 5.92. The molecule has 0 unspecified atom stereocenters. The Hall–Kier alpha value is -1.21. The van der Waals surface area contributed by atoms with Gasteiger partial charge in [-0.25, -0.2) is 0 Å². The summed E-state index contributed by atoms with van der Waals surface area (Å²) >= 11 is 5.50. The molecule has 1 aromatic heterocycles. The topological polar surface area (TPSA) is 15.8 Å². The van der Waals surface area contributed by atoms with E-state index in [1.807, 2.05) is 30.5 Å². The van der Waals surface area contributed by atoms with E-state index in [0.29, 0.717) is 0 Å². The molecule has 0 saturated carbocycles. The molecule has 0 fully saturated rings. The lowest BCUT2D eigenvalue weighted by Gasteiger charge is -1.88. The summed E-state index contributed by atoms with van der Waals surface area (Å²) in [6.07, 6.45) is 3.82. The van der Waals surface area contributed by atoms with Gasteiger partial charge in [-0.1, -0.05) is 29.8 Å². The Bertz CT molecular complexity index is 414. The second kappa shape index (κ2) is 3.03. The number of hydrogen-bond donors (Lipinski definition) is 1. The van der Waals surface area contributed by atoms with Crippen molar-refractivity contribution in [3.63, 3.8) is 0 Å². The van der Waals surface area contributed by atoms with Crippen LogP contribution >= 0.6 is 11.6 Å². The molecule has 2 heteroatoms. The predicted molar refractivity (Wildman–Crippen MR) is 53.2 cm³/mol. The Morgan fingerprint density at radius 1 is 1.25 bits per heavy atom. The smallest absolute Gasteiger partial charge is 0.0460 e. The Labute approximate surface area is 75.7 Å². The normalized spacial score (nSPS) is 11.4. The van der Waals surface area contributed by atoms with Gasteiger partial charge in [-0.05, 0) is 12.1 Å². The third-order valence-corrected chi connectivity index (χ3v) is 1.99. The number of nitrogens with one attached hydrogen (secondary N) is 1. The molecule has 0 atom stereocenters. The van der Waals surface area contributed by atoms with E-state index in [1.165, 1.54) is 10.9 Å². The minimum atomic E-state index is 1.13. The van der Waals surface area contributed by atoms with Gasteiger partial charge in [0.05, 0.1) is 0 Å². The van der Waals surface area contributed by atoms with E-state index >= 15 is 0 Å². The third-order valence-electron chi connectivity index (χ3n) is 1.86. The largest absolute Gasteiger partial charge is 0.361 e. The summed E-state index contributed by atoms with van der Waals surface area (Å²) in [6, 6.07) is 8.13. The lowest BCUT2D eigenvalue weighted by molar-refractivity contribution is 1.47. The fraction of sp³-hybridized carbons (Fsp3) is 0. The summed E-state index contributed by atoms with van der Waals surface area (Å²) in [6.45, 7) is 0. The molecule has 60 valence electrons. The lowest BCUT2D eigenvalue weighted by atomic mass is 10.2. The second-order valence-electron chi connectivity index (χ2n) is 2.58. The molecule has 0 bridgehead atoms. The van der Waals surface area contributed by atoms with E-state index in [4.69, 9.17) is 11.6 Å². The van der Waals surface area contributed by atoms with E-state index < -0.39 is 0 Å². The van der Waals surface area contributed by atoms with Crippen LogP contribution in [-0.4, -0.2) is 4.98 Å². The molecule has 1 nitrogen and oxygen atoms in total. The van der Waals surface area contributed by atoms with Crippen LogP contribution in [0, 0.1) is 0 Å². The van der Waals surface area contributed by atoms with Crippen molar-refractivity contribution < 1.29 is 0 Å². The molecular formula is C10H8ClN. The molecule has 12 heavy (non-hydrogen) atoms. The van der Waals surface area contributed by atoms with E-state index in [2.05, 4.69) is 11.1 Å². The summed E-state index contributed by atoms with van der Waals surface area (Å²) in [5.41, 5.74) is 3.79. The first kappa shape index (κ1) is 7.44. The van der Waals surface area contributed by atoms with Crippen LogP contribution in [0.2, 0.25) is 0 Å². The highest BCUT2D eigenvalue weighted by Gasteiger charge is 1.97. The van der Waals surface area contributed by atoms with E-state index in [1.54, 1.807) is 0 Å². The van der Waals surface area contributed by atoms with Crippen LogP contribution in [0.15, 0.2) is 36.0 Å². The van der Waals surface area contributed by atoms with Gasteiger partial charge in [0.15, 0.2) is 0 Å². The summed E-state index contributed by atoms with van der Waals surface area (Å²) in [5, 5.41) is 1.20. The van der Waals surface area contributed by atoms with Crippen LogP contribution in [0.25, 0.3) is 17.0 Å². The zero-order valence-electron chi connectivity index (χ0n) is 6.42. The summed E-state index contributed by atoms with van der Waals surface area (Å²) in [4.78, 5) is 3.16. The number of aromatic amines is 1. The third kappa shape index (κ3) is 1.12. The van der Waals surface area contributed by atoms with Crippen LogP contribution < -0.4 is 0 Å². The molecular weight excluding hydrogens is 170 g/mol. The maximum atomic E-state index is 5.50. The second-order valence-corrected chi connectivity index (χ2v) is 2.83. The molecule has 0 aliphatic carbocycles. The minimum absolute atomic E-state index is 1.13. The van der Waals surface area contributed by atoms with Crippen molar-refractivity contribution in [2.45, 2.75) is 0 Å². The van der Waals surface area contributed by atoms with E-state index in [-0.39, 0.29) is 0 Å². The number of aromatic nitrogens is 1. The summed E-state index contributed by atoms with van der Waals surface area (Å²) in [5.74, 6) is 0. The molecule has 0 aliphatic rings. The van der Waals surface area contributed by atoms with Gasteiger partial charge in [0.2, 0.25) is 0 Å². The van der Waals surface area contributed by atoms with Crippen molar-refractivity contribution in [2.24, 2.45) is 0 Å². The minimum Gasteiger partial charge on any atom is -0.361 e. The van der Waals surface area contributed by atoms with E-state index in [0.717, 1.165) is 11.1 Å². The van der Waals surface area contributed by atoms with Crippen molar-refractivity contribution >= 4 is 28.6 Å². The molecule has 0 aliphatic heterocycles. The molecule has 1 heterocycles. The highest BCUT2D eigenvalue weighted by Crippen LogP contribution is 2.18. The van der Waals surface area contributed by atoms with Gasteiger partial charge in [0.25, 0.3) is 0 Å². The fourth-order valence-corrected chi connectivity index (χ4v) is 1.44. The van der Waals surface area contributed by atoms with Crippen molar-refractivity contribution in [1.29, 1.82) is 0 Å². The molecule has 2 rings (SSSR count). The predicted octanol–water partition coefficient (Wildman–Crippen LogP) is 3.38. The molecule has 0 radical (unpaired) electrons. The highest BCUT2D eigenvalue weighted by molar-refractivity contribution is 6.27. The first-order valence-electron chi connectivity index (χ1n) is 3.74. The maximum Gasteiger partial charge on any atom is 0.0460 e. The fourth-order valence-electron chi connectivity index (χ4n) is 1.30. The van der Waals surface area contributed by atoms with Gasteiger partial charge < -0.3 is 4.98 Å². The zero-order chi connectivity index (χ0) is 8.39. The molecule has 2 aromatic rings. The van der Waals surface area contributed by atoms with Crippen LogP contribution in [0.4, 0.5) is 0 Å². The molecule has 0 saturated heterocycles. The summed E-state index contributed by atoms with van der Waals surface area (Å²) in [7, 11) is 0. The Kier molecular flexibility index (Phi) is 1.88. The van der Waals surface area contributed by atoms with Gasteiger partial charge in [0, 0.05) is 28.2 Å². The van der Waals surface area contributed by atoms with Crippen molar-refractivity contribution in [1.82, 2.24) is 4.98 Å². The average Bonchev–Trinajstić information content (AvgIpc) is 2.50. The molecule has 1 N–H and O–H groups in total. The molecule has 0 spiro atoms. The number of H-pyrrole nitrogens is 1. The van der Waals surface area contributed by atoms with Gasteiger partial charge in [-0.15, -0.1) is 0 Å². The van der Waals surface area contributed by atoms with Crippen LogP contribution in [-0.2, 0) is 0 Å². The number of hydrogen-bond acceptors (Lipinski definition) is 0. The van der Waals surface area contributed by atoms with E-state index in [9.17, 15) is 0 Å². The molecule has 0 amide bonds. The van der Waals surface area contributed by atoms with Gasteiger partial charge >= 0.3 is 0 Å². The summed E-state index contributed by atoms with van der Waals surface area (Å²) < 4.78 is 0. The number of para-hydroxylation sites is 1. The standard InChI is InChI=1S/C10H8ClN/c11-6-5-8-7-12-10-4-2-1-3-9(8)10/h1-7,12H/b6-5+. The number of fused-ring (bicyclic) bond motifs is 1. The van der Waals surface area contributed by atoms with Gasteiger partial charge in [-0.2, -0.15) is 0 Å². The quantitative estimate of drug-likeness (QED) is 0.688. The number of halogens is 1. The molecule has 1 aromatic carbocycles. The first-order valence-corrected chi connectivity index (χ1v) is 4.18. The Balaban J connectivity index is 2.70. The Morgan fingerprint density at radius 3 is 2.92 bits per heavy atom.